The average molecular weight is 1810 g/mol. The van der Waals surface area contributed by atoms with Crippen molar-refractivity contribution in [2.24, 2.45) is 40.0 Å². The molecule has 20 rings (SSSR count). The summed E-state index contributed by atoms with van der Waals surface area (Å²) in [4.78, 5) is 14.8. The van der Waals surface area contributed by atoms with Gasteiger partial charge in [-0.15, -0.1) is 0 Å². The van der Waals surface area contributed by atoms with E-state index in [1.807, 2.05) is 216 Å². The van der Waals surface area contributed by atoms with Gasteiger partial charge in [-0.2, -0.15) is 18.3 Å². The molecule has 0 aliphatic heterocycles. The Morgan fingerprint density at radius 1 is 0.331 bits per heavy atom. The lowest BCUT2D eigenvalue weighted by Crippen LogP contribution is -2.36. The van der Waals surface area contributed by atoms with Crippen molar-refractivity contribution in [3.63, 3.8) is 0 Å². The molecule has 0 radical (unpaired) electrons. The van der Waals surface area contributed by atoms with Crippen LogP contribution in [-0.4, -0.2) is 0 Å². The SMILES string of the molecule is [2H]c1c(C([2H])(C)C([2H])([2H])[2H])c(C([2H])([2H])[2H])c(C)[n+](C)c1-c1c(C)cc(-c2ccccc2)c2c1oc1ccc([N+]#[C-])cc12.[2H]c1c(C([2H])([2H])C(C)C)c(C([2H])([2H])[2H])c(C)[n+](C)c1-c1c(C)ccc2c1oc1cc(-c3ccccc3)c([N+]#[C-])cc12.[2H]c1c(C([2H])([2H])C(C)C)c(C([2H])([2H])[2H])c(C)[n+](C)c1-c1c(C)ccc2c1oc1cc(-c3ccccc3)c([N+]#[C-])cc12.[2H]c1c(C)c(C([2H])([2H])[2H])c(C)[n+](C)c1-c1c(C)cc(-c2ccccc2)c2c1oc1ccc([N+]#[C-])cc12. The molecule has 0 saturated heterocycles. The summed E-state index contributed by atoms with van der Waals surface area (Å²) >= 11 is 0. The Morgan fingerprint density at radius 3 is 1.04 bits per heavy atom. The van der Waals surface area contributed by atoms with E-state index in [1.54, 1.807) is 133 Å². The van der Waals surface area contributed by atoms with Crippen molar-refractivity contribution in [3.05, 3.63) is 378 Å². The minimum absolute atomic E-state index is 0.118. The minimum Gasteiger partial charge on any atom is -0.455 e. The van der Waals surface area contributed by atoms with Crippen molar-refractivity contribution in [2.45, 2.75) is 150 Å². The van der Waals surface area contributed by atoms with Crippen molar-refractivity contribution >= 4 is 111 Å². The molecule has 0 aliphatic rings. The molecule has 672 valence electrons. The molecule has 8 heterocycles. The number of aromatic nitrogens is 4. The molecule has 136 heavy (non-hydrogen) atoms. The molecule has 12 heteroatoms. The fourth-order valence-corrected chi connectivity index (χ4v) is 18.2. The zero-order chi connectivity index (χ0) is 117. The highest BCUT2D eigenvalue weighted by atomic mass is 16.3. The van der Waals surface area contributed by atoms with Gasteiger partial charge in [-0.25, -0.2) is 19.4 Å². The molecule has 0 N–H and O–H groups in total. The lowest BCUT2D eigenvalue weighted by molar-refractivity contribution is -0.667. The fraction of sp³-hybridized carbons (Fsp3) is 0.226. The van der Waals surface area contributed by atoms with Crippen LogP contribution in [0, 0.1) is 128 Å². The van der Waals surface area contributed by atoms with Gasteiger partial charge in [-0.05, 0) is 242 Å². The first kappa shape index (κ1) is 66.7. The van der Waals surface area contributed by atoms with Crippen molar-refractivity contribution in [2.75, 3.05) is 0 Å². The molecule has 0 fully saturated rings. The molecule has 12 nitrogen and oxygen atoms in total. The van der Waals surface area contributed by atoms with Gasteiger partial charge in [0.25, 0.3) is 0 Å². The predicted molar refractivity (Wildman–Crippen MR) is 561 cm³/mol. The average Bonchev–Trinajstić information content (AvgIpc) is 1.30. The van der Waals surface area contributed by atoms with E-state index in [2.05, 4.69) is 25.4 Å². The molecule has 0 saturated carbocycles. The van der Waals surface area contributed by atoms with E-state index in [4.69, 9.17) is 72.7 Å². The molecular formula is C124H116N8O4+4. The molecular weight excluding hydrogens is 1670 g/mol. The van der Waals surface area contributed by atoms with Crippen LogP contribution in [0.4, 0.5) is 22.7 Å². The Labute approximate surface area is 832 Å². The quantitative estimate of drug-likeness (QED) is 0.0850. The first-order chi connectivity index (χ1) is 74.9. The number of hydrogen-bond acceptors (Lipinski definition) is 4. The molecule has 0 amide bonds. The van der Waals surface area contributed by atoms with Crippen molar-refractivity contribution < 1.29 is 68.8 Å². The molecule has 1 unspecified atom stereocenters. The Kier molecular flexibility index (Phi) is 18.4. The number of hydrogen-bond donors (Lipinski definition) is 0. The number of furan rings is 4. The highest BCUT2D eigenvalue weighted by Crippen LogP contribution is 2.50. The van der Waals surface area contributed by atoms with Gasteiger partial charge in [0.2, 0.25) is 22.8 Å². The number of nitrogens with zero attached hydrogens (tertiary/aromatic N) is 8. The second-order valence-electron chi connectivity index (χ2n) is 35.3. The van der Waals surface area contributed by atoms with E-state index >= 15 is 0 Å². The number of aryl methyl sites for hydroxylation is 4. The van der Waals surface area contributed by atoms with Crippen molar-refractivity contribution in [1.82, 2.24) is 0 Å². The summed E-state index contributed by atoms with van der Waals surface area (Å²) in [5.74, 6) is -3.53. The highest BCUT2D eigenvalue weighted by Gasteiger charge is 2.33. The number of fused-ring (bicyclic) bond motifs is 12. The zero-order valence-electron chi connectivity index (χ0n) is 103. The molecule has 20 aromatic rings. The lowest BCUT2D eigenvalue weighted by Gasteiger charge is -2.16. The van der Waals surface area contributed by atoms with Gasteiger partial charge in [0.15, 0.2) is 45.5 Å². The fourth-order valence-electron chi connectivity index (χ4n) is 18.2. The maximum Gasteiger partial charge on any atom is 0.216 e. The summed E-state index contributed by atoms with van der Waals surface area (Å²) in [6, 6.07) is 68.1. The molecule has 0 bridgehead atoms. The van der Waals surface area contributed by atoms with Gasteiger partial charge < -0.3 is 17.7 Å². The van der Waals surface area contributed by atoms with Crippen LogP contribution in [0.25, 0.3) is 197 Å². The molecule has 0 aliphatic carbocycles. The van der Waals surface area contributed by atoms with Crippen LogP contribution in [0.3, 0.4) is 0 Å². The third-order valence-corrected chi connectivity index (χ3v) is 25.8. The van der Waals surface area contributed by atoms with E-state index < -0.39 is 64.7 Å². The summed E-state index contributed by atoms with van der Waals surface area (Å²) in [6.07, 6.45) is -4.14. The molecule has 0 spiro atoms. The first-order valence-corrected chi connectivity index (χ1v) is 44.8. The van der Waals surface area contributed by atoms with E-state index in [-0.39, 0.29) is 74.5 Å². The smallest absolute Gasteiger partial charge is 0.216 e. The summed E-state index contributed by atoms with van der Waals surface area (Å²) in [5, 5.41) is 6.16. The topological polar surface area (TPSA) is 85.5 Å². The van der Waals surface area contributed by atoms with E-state index in [0.717, 1.165) is 106 Å². The van der Waals surface area contributed by atoms with Gasteiger partial charge in [-0.3, -0.25) is 0 Å². The second kappa shape index (κ2) is 37.5. The van der Waals surface area contributed by atoms with Gasteiger partial charge in [0.1, 0.15) is 72.9 Å². The monoisotopic (exact) mass is 1810 g/mol. The number of rotatable bonds is 13. The Balaban J connectivity index is 0.000000144. The summed E-state index contributed by atoms with van der Waals surface area (Å²) in [6.45, 7) is 41.4. The van der Waals surface area contributed by atoms with Crippen LogP contribution in [0.15, 0.2) is 260 Å². The van der Waals surface area contributed by atoms with Gasteiger partial charge >= 0.3 is 0 Å². The largest absolute Gasteiger partial charge is 0.455 e. The lowest BCUT2D eigenvalue weighted by atomic mass is 9.90. The van der Waals surface area contributed by atoms with Crippen LogP contribution < -0.4 is 18.3 Å². The highest BCUT2D eigenvalue weighted by molar-refractivity contribution is 6.20. The maximum atomic E-state index is 9.34. The van der Waals surface area contributed by atoms with Crippen LogP contribution in [0.1, 0.15) is 170 Å². The summed E-state index contributed by atoms with van der Waals surface area (Å²) < 4.78 is 237. The van der Waals surface area contributed by atoms with Gasteiger partial charge in [-0.1, -0.05) is 199 Å². The molecule has 1 atom stereocenters. The third-order valence-electron chi connectivity index (χ3n) is 25.8. The van der Waals surface area contributed by atoms with Crippen molar-refractivity contribution in [1.29, 1.82) is 0 Å². The molecule has 12 aromatic carbocycles. The third kappa shape index (κ3) is 16.7. The first-order valence-electron chi connectivity index (χ1n) is 56.8. The standard InChI is InChI=1S/2C32H31N2O.C31H29N2O.C29H25N2O/c2*1-19(2)15-24-16-29(34(7)22(5)21(24)4)31-20(3)13-14-25-27-17-28(33-6)26(18-30(27)35-32(25)31)23-11-9-8-10-12-23;1-18(2)24-17-27(33(7)21(5)20(24)4)29-19(3)15-25(22-11-9-8-10-12-22)30-26-16-23(32-6)13-14-28(26)34-31(29)30;1-17-15-25(31(6)20(4)19(17)3)27-18(2)14-23(21-10-8-7-9-11-21)28-24-16-22(30-5)12-13-26(24)32-29(27)28/h2*8-14,16-19H,15H2,1-5,7H3;8-18H,1-5,7H3;7-16H,1-4,6H3/q4*+1/i2*4D3,15D2,16D;1D3,4D3,17D,18D;3D3,15D. The van der Waals surface area contributed by atoms with E-state index in [0.29, 0.717) is 140 Å². The predicted octanol–water partition coefficient (Wildman–Crippen LogP) is 32.7. The Morgan fingerprint density at radius 2 is 0.676 bits per heavy atom. The van der Waals surface area contributed by atoms with Crippen LogP contribution >= 0.6 is 0 Å². The minimum atomic E-state index is -2.91. The van der Waals surface area contributed by atoms with Crippen LogP contribution in [0.5, 0.6) is 0 Å². The van der Waals surface area contributed by atoms with Gasteiger partial charge in [0.05, 0.1) is 54.0 Å². The Hall–Kier alpha value is -15.6. The Bertz CT molecular complexity index is 9300. The summed E-state index contributed by atoms with van der Waals surface area (Å²) in [5.41, 5.74) is 21.7. The number of pyridine rings is 4. The van der Waals surface area contributed by atoms with E-state index in [1.165, 1.54) is 0 Å². The number of benzene rings is 12. The van der Waals surface area contributed by atoms with E-state index in [9.17, 15) is 4.11 Å². The summed E-state index contributed by atoms with van der Waals surface area (Å²) in [7, 11) is 6.85. The molecule has 8 aromatic heterocycles. The maximum absolute atomic E-state index is 9.34. The van der Waals surface area contributed by atoms with Gasteiger partial charge in [0, 0.05) is 145 Å². The second-order valence-corrected chi connectivity index (χ2v) is 35.3. The van der Waals surface area contributed by atoms with Crippen LogP contribution in [-0.2, 0) is 40.9 Å². The normalized spacial score (nSPS) is 15.1. The van der Waals surface area contributed by atoms with Crippen LogP contribution in [0.2, 0.25) is 0 Å². The van der Waals surface area contributed by atoms with Crippen molar-refractivity contribution in [3.8, 4) is 89.5 Å². The zero-order valence-corrected chi connectivity index (χ0v) is 79.2.